The van der Waals surface area contributed by atoms with E-state index in [1.54, 1.807) is 12.1 Å². The summed E-state index contributed by atoms with van der Waals surface area (Å²) < 4.78 is 104. The third-order valence-electron chi connectivity index (χ3n) is 8.33. The van der Waals surface area contributed by atoms with Gasteiger partial charge in [-0.1, -0.05) is 57.2 Å². The fraction of sp³-hybridized carbons (Fsp3) is 0.438. The number of hydrogen-bond donors (Lipinski definition) is 1. The minimum atomic E-state index is -4.92. The van der Waals surface area contributed by atoms with Gasteiger partial charge in [0.1, 0.15) is 11.5 Å². The minimum absolute atomic E-state index is 0.0402. The predicted molar refractivity (Wildman–Crippen MR) is 158 cm³/mol. The first-order chi connectivity index (χ1) is 20.3. The first kappa shape index (κ1) is 33.6. The van der Waals surface area contributed by atoms with Crippen LogP contribution in [0.15, 0.2) is 66.7 Å². The fourth-order valence-electron chi connectivity index (χ4n) is 5.01. The van der Waals surface area contributed by atoms with Gasteiger partial charge >= 0.3 is 18.7 Å². The van der Waals surface area contributed by atoms with Crippen molar-refractivity contribution in [3.8, 4) is 22.6 Å². The molecule has 0 aliphatic carbocycles. The van der Waals surface area contributed by atoms with Crippen LogP contribution in [-0.4, -0.2) is 44.8 Å². The lowest BCUT2D eigenvalue weighted by Gasteiger charge is -2.41. The smallest absolute Gasteiger partial charge is 0.461 e. The molecule has 2 unspecified atom stereocenters. The molecule has 1 aliphatic heterocycles. The van der Waals surface area contributed by atoms with Crippen LogP contribution >= 0.6 is 0 Å². The van der Waals surface area contributed by atoms with Crippen LogP contribution < -0.4 is 14.1 Å². The Labute approximate surface area is 253 Å². The molecular weight excluding hydrogens is 607 g/mol. The third-order valence-corrected chi connectivity index (χ3v) is 12.7. The zero-order valence-electron chi connectivity index (χ0n) is 25.1. The van der Waals surface area contributed by atoms with E-state index in [1.165, 1.54) is 17.0 Å². The van der Waals surface area contributed by atoms with Crippen LogP contribution in [0.4, 0.5) is 36.4 Å². The normalized spacial score (nSPS) is 17.0. The van der Waals surface area contributed by atoms with E-state index < -0.39 is 51.5 Å². The molecule has 0 radical (unpaired) electrons. The number of hydrogen-bond acceptors (Lipinski definition) is 4. The van der Waals surface area contributed by atoms with Crippen molar-refractivity contribution in [3.05, 3.63) is 77.9 Å². The average Bonchev–Trinajstić information content (AvgIpc) is 2.91. The maximum atomic E-state index is 13.6. The summed E-state index contributed by atoms with van der Waals surface area (Å²) in [6, 6.07) is 16.9. The Bertz CT molecular complexity index is 1460. The Kier molecular flexibility index (Phi) is 9.38. The van der Waals surface area contributed by atoms with E-state index in [-0.39, 0.29) is 17.0 Å². The van der Waals surface area contributed by atoms with Gasteiger partial charge in [0, 0.05) is 5.69 Å². The maximum absolute atomic E-state index is 13.6. The molecule has 12 heteroatoms. The Balaban J connectivity index is 1.75. The molecule has 0 bridgehead atoms. The van der Waals surface area contributed by atoms with Crippen molar-refractivity contribution in [2.75, 3.05) is 11.4 Å². The topological polar surface area (TPSA) is 41.9 Å². The van der Waals surface area contributed by atoms with Crippen LogP contribution in [0.1, 0.15) is 44.4 Å². The van der Waals surface area contributed by atoms with E-state index in [0.717, 1.165) is 28.8 Å². The molecule has 0 aromatic heterocycles. The molecule has 1 heterocycles. The fourth-order valence-corrected chi connectivity index (χ4v) is 6.03. The molecule has 2 atom stereocenters. The first-order valence-corrected chi connectivity index (χ1v) is 17.1. The van der Waals surface area contributed by atoms with Crippen molar-refractivity contribution in [2.45, 2.75) is 82.6 Å². The summed E-state index contributed by atoms with van der Waals surface area (Å²) in [5, 5.41) is 10.1. The van der Waals surface area contributed by atoms with E-state index in [0.29, 0.717) is 17.9 Å². The Morgan fingerprint density at radius 3 is 2.18 bits per heavy atom. The standard InChI is InChI=1S/C32H36F7NO3Si/c1-30(2,3)44(4,5)43-23-12-6-9-20(17-23)24-13-8-14-27-25(24)15-16-26(40(27)19-28(41)31(35,36)37)21-10-7-11-22(18-21)42-32(38,39)29(33)34/h6-14,17-18,26,28-29,41H,15-16,19H2,1-5H3. The largest absolute Gasteiger partial charge is 0.543 e. The Morgan fingerprint density at radius 2 is 1.55 bits per heavy atom. The van der Waals surface area contributed by atoms with Crippen LogP contribution in [0.25, 0.3) is 11.1 Å². The number of benzene rings is 3. The van der Waals surface area contributed by atoms with E-state index >= 15 is 0 Å². The Hall–Kier alpha value is -3.25. The van der Waals surface area contributed by atoms with Crippen molar-refractivity contribution in [3.63, 3.8) is 0 Å². The molecule has 4 nitrogen and oxygen atoms in total. The van der Waals surface area contributed by atoms with Gasteiger partial charge in [0.25, 0.3) is 0 Å². The molecule has 0 spiro atoms. The van der Waals surface area contributed by atoms with E-state index in [9.17, 15) is 35.8 Å². The lowest BCUT2D eigenvalue weighted by molar-refractivity contribution is -0.253. The summed E-state index contributed by atoms with van der Waals surface area (Å²) in [5.74, 6) is 0.129. The SMILES string of the molecule is CC(C)(C)[Si](C)(C)Oc1cccc(-c2cccc3c2CCC(c2cccc(OC(F)(F)C(F)F)c2)N3CC(O)C(F)(F)F)c1. The van der Waals surface area contributed by atoms with Gasteiger partial charge in [-0.3, -0.25) is 0 Å². The lowest BCUT2D eigenvalue weighted by Crippen LogP contribution is -2.44. The second-order valence-electron chi connectivity index (χ2n) is 12.5. The molecule has 3 aromatic carbocycles. The maximum Gasteiger partial charge on any atom is 0.461 e. The van der Waals surface area contributed by atoms with Crippen molar-refractivity contribution >= 4 is 14.0 Å². The summed E-state index contributed by atoms with van der Waals surface area (Å²) in [6.45, 7) is 9.80. The molecule has 0 saturated heterocycles. The second kappa shape index (κ2) is 12.3. The number of β-amino-alcohol motifs (C(OH)–C–C–N with tert-alkyl or cyclic N) is 1. The number of halogens is 7. The lowest BCUT2D eigenvalue weighted by atomic mass is 9.86. The average molecular weight is 644 g/mol. The highest BCUT2D eigenvalue weighted by atomic mass is 28.4. The number of aliphatic hydroxyl groups is 1. The Morgan fingerprint density at radius 1 is 0.909 bits per heavy atom. The van der Waals surface area contributed by atoms with Crippen LogP contribution in [0, 0.1) is 0 Å². The second-order valence-corrected chi connectivity index (χ2v) is 17.2. The highest BCUT2D eigenvalue weighted by Gasteiger charge is 2.45. The van der Waals surface area contributed by atoms with Gasteiger partial charge < -0.3 is 19.2 Å². The van der Waals surface area contributed by atoms with Gasteiger partial charge in [0.2, 0.25) is 8.32 Å². The summed E-state index contributed by atoms with van der Waals surface area (Å²) in [5.41, 5.74) is 3.04. The quantitative estimate of drug-likeness (QED) is 0.186. The molecule has 0 fully saturated rings. The highest BCUT2D eigenvalue weighted by Crippen LogP contribution is 2.45. The van der Waals surface area contributed by atoms with Crippen molar-refractivity contribution in [1.82, 2.24) is 0 Å². The molecule has 1 N–H and O–H groups in total. The van der Waals surface area contributed by atoms with Gasteiger partial charge in [-0.15, -0.1) is 0 Å². The van der Waals surface area contributed by atoms with Gasteiger partial charge in [0.05, 0.1) is 12.6 Å². The molecule has 240 valence electrons. The molecule has 44 heavy (non-hydrogen) atoms. The van der Waals surface area contributed by atoms with Crippen molar-refractivity contribution in [1.29, 1.82) is 0 Å². The summed E-state index contributed by atoms with van der Waals surface area (Å²) in [7, 11) is -2.16. The van der Waals surface area contributed by atoms with Gasteiger partial charge in [-0.05, 0) is 83.6 Å². The van der Waals surface area contributed by atoms with Crippen molar-refractivity contribution in [2.24, 2.45) is 0 Å². The molecular formula is C32H36F7NO3Si. The van der Waals surface area contributed by atoms with E-state index in [4.69, 9.17) is 4.43 Å². The minimum Gasteiger partial charge on any atom is -0.543 e. The number of alkyl halides is 7. The number of nitrogens with zero attached hydrogens (tertiary/aromatic N) is 1. The number of aliphatic hydroxyl groups excluding tert-OH is 1. The van der Waals surface area contributed by atoms with Crippen LogP contribution in [0.2, 0.25) is 18.1 Å². The van der Waals surface area contributed by atoms with Gasteiger partial charge in [-0.2, -0.15) is 30.7 Å². The molecule has 3 aromatic rings. The third kappa shape index (κ3) is 7.34. The number of ether oxygens (including phenoxy) is 1. The van der Waals surface area contributed by atoms with Crippen LogP contribution in [0.5, 0.6) is 11.5 Å². The van der Waals surface area contributed by atoms with Gasteiger partial charge in [0.15, 0.2) is 6.10 Å². The van der Waals surface area contributed by atoms with Crippen molar-refractivity contribution < 1.29 is 45.0 Å². The summed E-state index contributed by atoms with van der Waals surface area (Å²) >= 11 is 0. The first-order valence-electron chi connectivity index (χ1n) is 14.2. The number of anilines is 1. The molecule has 1 aliphatic rings. The van der Waals surface area contributed by atoms with E-state index in [1.807, 2.05) is 30.3 Å². The van der Waals surface area contributed by atoms with E-state index in [2.05, 4.69) is 38.6 Å². The van der Waals surface area contributed by atoms with Crippen LogP contribution in [-0.2, 0) is 6.42 Å². The zero-order valence-corrected chi connectivity index (χ0v) is 26.1. The molecule has 0 amide bonds. The van der Waals surface area contributed by atoms with Gasteiger partial charge in [-0.25, -0.2) is 0 Å². The monoisotopic (exact) mass is 643 g/mol. The van der Waals surface area contributed by atoms with Crippen LogP contribution in [0.3, 0.4) is 0 Å². The predicted octanol–water partition coefficient (Wildman–Crippen LogP) is 9.39. The highest BCUT2D eigenvalue weighted by molar-refractivity contribution is 6.74. The number of rotatable bonds is 9. The number of fused-ring (bicyclic) bond motifs is 1. The summed E-state index contributed by atoms with van der Waals surface area (Å²) in [4.78, 5) is 1.39. The zero-order chi connectivity index (χ0) is 32.7. The molecule has 4 rings (SSSR count). The molecule has 0 saturated carbocycles. The summed E-state index contributed by atoms with van der Waals surface area (Å²) in [6.07, 6.45) is -15.8.